The Labute approximate surface area is 302 Å². The molecule has 3 amide bonds. The van der Waals surface area contributed by atoms with Crippen LogP contribution in [0.25, 0.3) is 0 Å². The second-order valence-electron chi connectivity index (χ2n) is 15.1. The lowest BCUT2D eigenvalue weighted by Gasteiger charge is -2.39. The predicted octanol–water partition coefficient (Wildman–Crippen LogP) is 3.18. The van der Waals surface area contributed by atoms with Gasteiger partial charge in [0.25, 0.3) is 5.91 Å². The molecule has 1 aromatic rings. The third kappa shape index (κ3) is 11.5. The van der Waals surface area contributed by atoms with Crippen molar-refractivity contribution in [3.8, 4) is 0 Å². The number of carbonyl (C=O) groups is 4. The van der Waals surface area contributed by atoms with Crippen molar-refractivity contribution in [3.63, 3.8) is 0 Å². The van der Waals surface area contributed by atoms with E-state index in [2.05, 4.69) is 4.99 Å². The molecule has 5 atom stereocenters. The number of hydrogen-bond acceptors (Lipinski definition) is 10. The van der Waals surface area contributed by atoms with Crippen molar-refractivity contribution in [1.29, 1.82) is 0 Å². The zero-order valence-electron chi connectivity index (χ0n) is 30.4. The van der Waals surface area contributed by atoms with Crippen LogP contribution in [-0.4, -0.2) is 109 Å². The lowest BCUT2D eigenvalue weighted by atomic mass is 9.86. The molecule has 51 heavy (non-hydrogen) atoms. The van der Waals surface area contributed by atoms with Crippen LogP contribution in [0.3, 0.4) is 0 Å². The number of amides is 3. The highest BCUT2D eigenvalue weighted by atomic mass is 32.2. The normalized spacial score (nSPS) is 23.6. The summed E-state index contributed by atoms with van der Waals surface area (Å²) in [5.41, 5.74) is 5.45. The Kier molecular flexibility index (Phi) is 14.2. The average Bonchev–Trinajstić information content (AvgIpc) is 3.57. The number of piperidine rings is 1. The molecule has 284 valence electrons. The van der Waals surface area contributed by atoms with Gasteiger partial charge in [-0.15, -0.1) is 0 Å². The van der Waals surface area contributed by atoms with Crippen LogP contribution < -0.4 is 11.6 Å². The maximum atomic E-state index is 14.1. The van der Waals surface area contributed by atoms with Crippen molar-refractivity contribution in [3.05, 3.63) is 35.9 Å². The van der Waals surface area contributed by atoms with E-state index >= 15 is 0 Å². The van der Waals surface area contributed by atoms with E-state index in [0.29, 0.717) is 38.8 Å². The predicted molar refractivity (Wildman–Crippen MR) is 193 cm³/mol. The molecule has 0 aromatic heterocycles. The summed E-state index contributed by atoms with van der Waals surface area (Å²) in [6.45, 7) is 5.96. The zero-order chi connectivity index (χ0) is 37.3. The minimum Gasteiger partial charge on any atom is -0.431 e. The summed E-state index contributed by atoms with van der Waals surface area (Å²) in [6, 6.07) is 6.83. The Bertz CT molecular complexity index is 1500. The SMILES string of the molecule is CC(CC(C)(C)C(=O)N=CC1CC(CN([C@H](Cc2ccccc2)C(=O)N2CCC[C@H]2C(N)=O)S(C)(=O)=O)CCN1N)OC(=O)OC1CCCCC1. The van der Waals surface area contributed by atoms with Gasteiger partial charge in [-0.3, -0.25) is 20.2 Å². The number of carbonyl (C=O) groups excluding carboxylic acids is 4. The highest BCUT2D eigenvalue weighted by molar-refractivity contribution is 7.88. The molecule has 3 unspecified atom stereocenters. The van der Waals surface area contributed by atoms with Crippen molar-refractivity contribution in [2.24, 2.45) is 27.9 Å². The number of nitrogens with zero attached hydrogens (tertiary/aromatic N) is 4. The molecule has 0 spiro atoms. The molecule has 4 rings (SSSR count). The van der Waals surface area contributed by atoms with Gasteiger partial charge < -0.3 is 20.1 Å². The van der Waals surface area contributed by atoms with Gasteiger partial charge in [0.2, 0.25) is 21.8 Å². The van der Waals surface area contributed by atoms with Gasteiger partial charge >= 0.3 is 6.16 Å². The molecule has 0 radical (unpaired) electrons. The van der Waals surface area contributed by atoms with E-state index in [4.69, 9.17) is 21.1 Å². The third-order valence-corrected chi connectivity index (χ3v) is 11.5. The molecular formula is C36H56N6O8S. The first-order valence-electron chi connectivity index (χ1n) is 18.1. The number of benzene rings is 1. The van der Waals surface area contributed by atoms with Crippen LogP contribution >= 0.6 is 0 Å². The van der Waals surface area contributed by atoms with Crippen LogP contribution in [0, 0.1) is 11.3 Å². The Balaban J connectivity index is 1.43. The molecule has 2 aliphatic heterocycles. The number of hydrogen-bond donors (Lipinski definition) is 2. The van der Waals surface area contributed by atoms with Gasteiger partial charge in [-0.2, -0.15) is 4.31 Å². The first-order valence-corrected chi connectivity index (χ1v) is 20.0. The number of primary amides is 1. The van der Waals surface area contributed by atoms with Gasteiger partial charge in [0.15, 0.2) is 0 Å². The standard InChI is InChI=1S/C36H56N6O8S/c1-25(49-35(46)50-29-14-9-6-10-15-29)22-36(2,3)34(45)39-23-28-20-27(17-19-41(28)38)24-42(51(4,47)48)31(21-26-12-7-5-8-13-26)33(44)40-18-11-16-30(40)32(37)43/h5,7-8,12-13,23,25,27-31H,6,9-11,14-22,24,38H2,1-4H3,(H2,37,43)/t25?,27?,28?,30-,31+/m0/s1. The summed E-state index contributed by atoms with van der Waals surface area (Å²) in [5.74, 6) is 4.65. The van der Waals surface area contributed by atoms with Gasteiger partial charge in [0, 0.05) is 31.3 Å². The lowest BCUT2D eigenvalue weighted by Crippen LogP contribution is -2.57. The molecular weight excluding hydrogens is 676 g/mol. The second-order valence-corrected chi connectivity index (χ2v) is 17.0. The number of rotatable bonds is 14. The summed E-state index contributed by atoms with van der Waals surface area (Å²) < 4.78 is 39.0. The van der Waals surface area contributed by atoms with Crippen molar-refractivity contribution < 1.29 is 37.1 Å². The Morgan fingerprint density at radius 1 is 1.04 bits per heavy atom. The molecule has 0 bridgehead atoms. The topological polar surface area (TPSA) is 195 Å². The van der Waals surface area contributed by atoms with Gasteiger partial charge in [-0.1, -0.05) is 50.6 Å². The smallest absolute Gasteiger partial charge is 0.431 e. The molecule has 4 N–H and O–H groups in total. The number of likely N-dealkylation sites (tertiary alicyclic amines) is 1. The van der Waals surface area contributed by atoms with E-state index < -0.39 is 63.5 Å². The zero-order valence-corrected chi connectivity index (χ0v) is 31.3. The monoisotopic (exact) mass is 732 g/mol. The van der Waals surface area contributed by atoms with Crippen LogP contribution in [0.2, 0.25) is 0 Å². The molecule has 15 heteroatoms. The number of hydrazine groups is 1. The van der Waals surface area contributed by atoms with Crippen molar-refractivity contribution in [1.82, 2.24) is 14.2 Å². The van der Waals surface area contributed by atoms with Crippen LogP contribution in [0.4, 0.5) is 4.79 Å². The van der Waals surface area contributed by atoms with E-state index in [-0.39, 0.29) is 31.4 Å². The quantitative estimate of drug-likeness (QED) is 0.163. The fourth-order valence-corrected chi connectivity index (χ4v) is 8.62. The number of aliphatic imine (C=N–C) groups is 1. The van der Waals surface area contributed by atoms with Crippen LogP contribution in [0.15, 0.2) is 35.3 Å². The third-order valence-electron chi connectivity index (χ3n) is 10.3. The highest BCUT2D eigenvalue weighted by Crippen LogP contribution is 2.29. The summed E-state index contributed by atoms with van der Waals surface area (Å²) in [7, 11) is -3.91. The van der Waals surface area contributed by atoms with Crippen LogP contribution in [0.1, 0.15) is 90.5 Å². The molecule has 2 saturated heterocycles. The molecule has 2 heterocycles. The maximum Gasteiger partial charge on any atom is 0.508 e. The number of ether oxygens (including phenoxy) is 2. The first-order chi connectivity index (χ1) is 24.0. The fraction of sp³-hybridized carbons (Fsp3) is 0.694. The minimum absolute atomic E-state index is 0.0422. The van der Waals surface area contributed by atoms with E-state index in [1.165, 1.54) is 15.4 Å². The van der Waals surface area contributed by atoms with E-state index in [1.807, 2.05) is 30.3 Å². The van der Waals surface area contributed by atoms with Gasteiger partial charge in [-0.05, 0) is 82.6 Å². The summed E-state index contributed by atoms with van der Waals surface area (Å²) in [5, 5.41) is 1.58. The summed E-state index contributed by atoms with van der Waals surface area (Å²) in [6.07, 6.45) is 8.34. The number of sulfonamides is 1. The first kappa shape index (κ1) is 40.4. The number of nitrogens with two attached hydrogens (primary N) is 2. The van der Waals surface area contributed by atoms with E-state index in [1.54, 1.807) is 25.8 Å². The van der Waals surface area contributed by atoms with Crippen molar-refractivity contribution >= 4 is 40.1 Å². The Hall–Kier alpha value is -3.40. The average molecular weight is 733 g/mol. The maximum absolute atomic E-state index is 14.1. The van der Waals surface area contributed by atoms with Crippen molar-refractivity contribution in [2.75, 3.05) is 25.9 Å². The van der Waals surface area contributed by atoms with Gasteiger partial charge in [-0.25, -0.2) is 23.2 Å². The fourth-order valence-electron chi connectivity index (χ4n) is 7.51. The van der Waals surface area contributed by atoms with Crippen LogP contribution in [-0.2, 0) is 40.3 Å². The largest absolute Gasteiger partial charge is 0.508 e. The Morgan fingerprint density at radius 2 is 1.73 bits per heavy atom. The Morgan fingerprint density at radius 3 is 2.37 bits per heavy atom. The van der Waals surface area contributed by atoms with Gasteiger partial charge in [0.05, 0.1) is 12.3 Å². The van der Waals surface area contributed by atoms with Crippen molar-refractivity contribution in [2.45, 2.75) is 122 Å². The molecule has 1 saturated carbocycles. The molecule has 14 nitrogen and oxygen atoms in total. The molecule has 1 aromatic carbocycles. The minimum atomic E-state index is -3.91. The molecule has 3 aliphatic rings. The highest BCUT2D eigenvalue weighted by Gasteiger charge is 2.42. The second kappa shape index (κ2) is 17.9. The lowest BCUT2D eigenvalue weighted by molar-refractivity contribution is -0.140. The van der Waals surface area contributed by atoms with Gasteiger partial charge in [0.1, 0.15) is 24.3 Å². The van der Waals surface area contributed by atoms with Crippen LogP contribution in [0.5, 0.6) is 0 Å². The summed E-state index contributed by atoms with van der Waals surface area (Å²) >= 11 is 0. The van der Waals surface area contributed by atoms with E-state index in [9.17, 15) is 27.6 Å². The summed E-state index contributed by atoms with van der Waals surface area (Å²) in [4.78, 5) is 57.6. The van der Waals surface area contributed by atoms with E-state index in [0.717, 1.165) is 43.9 Å². The molecule has 1 aliphatic carbocycles. The molecule has 3 fully saturated rings.